The van der Waals surface area contributed by atoms with Crippen LogP contribution >= 0.6 is 11.8 Å². The van der Waals surface area contributed by atoms with Gasteiger partial charge in [-0.1, -0.05) is 11.8 Å². The molecule has 0 aromatic heterocycles. The fourth-order valence-corrected chi connectivity index (χ4v) is 2.91. The molecule has 0 bridgehead atoms. The zero-order valence-electron chi connectivity index (χ0n) is 13.0. The van der Waals surface area contributed by atoms with Crippen molar-refractivity contribution in [1.82, 2.24) is 4.90 Å². The third kappa shape index (κ3) is 4.82. The van der Waals surface area contributed by atoms with Gasteiger partial charge in [-0.15, -0.1) is 0 Å². The van der Waals surface area contributed by atoms with Crippen LogP contribution in [0.4, 0.5) is 4.39 Å². The SMILES string of the molecule is CCOC(=O)/C=C1\SCC(=O)N1CCOC(=O)c1ccc(F)cc1. The molecule has 0 spiro atoms. The van der Waals surface area contributed by atoms with Gasteiger partial charge in [0, 0.05) is 0 Å². The summed E-state index contributed by atoms with van der Waals surface area (Å²) in [6, 6.07) is 4.97. The van der Waals surface area contributed by atoms with Crippen molar-refractivity contribution < 1.29 is 28.2 Å². The van der Waals surface area contributed by atoms with Crippen LogP contribution in [0, 0.1) is 5.82 Å². The maximum atomic E-state index is 12.8. The predicted octanol–water partition coefficient (Wildman–Crippen LogP) is 1.96. The van der Waals surface area contributed by atoms with E-state index in [1.54, 1.807) is 6.92 Å². The highest BCUT2D eigenvalue weighted by Crippen LogP contribution is 2.28. The van der Waals surface area contributed by atoms with Crippen LogP contribution in [0.1, 0.15) is 17.3 Å². The molecule has 0 unspecified atom stereocenters. The molecule has 8 heteroatoms. The first kappa shape index (κ1) is 18.0. The van der Waals surface area contributed by atoms with Gasteiger partial charge >= 0.3 is 11.9 Å². The summed E-state index contributed by atoms with van der Waals surface area (Å²) in [5, 5.41) is 0.469. The van der Waals surface area contributed by atoms with E-state index in [0.29, 0.717) is 5.03 Å². The van der Waals surface area contributed by atoms with Crippen molar-refractivity contribution in [2.45, 2.75) is 6.92 Å². The minimum absolute atomic E-state index is 0.0390. The van der Waals surface area contributed by atoms with Crippen molar-refractivity contribution in [3.05, 3.63) is 46.8 Å². The van der Waals surface area contributed by atoms with E-state index in [4.69, 9.17) is 9.47 Å². The largest absolute Gasteiger partial charge is 0.463 e. The summed E-state index contributed by atoms with van der Waals surface area (Å²) < 4.78 is 22.7. The monoisotopic (exact) mass is 353 g/mol. The molecule has 0 saturated carbocycles. The van der Waals surface area contributed by atoms with Gasteiger partial charge in [0.25, 0.3) is 0 Å². The number of nitrogens with zero attached hydrogens (tertiary/aromatic N) is 1. The van der Waals surface area contributed by atoms with E-state index in [2.05, 4.69) is 0 Å². The molecule has 1 aromatic rings. The molecule has 2 rings (SSSR count). The van der Waals surface area contributed by atoms with Crippen molar-refractivity contribution in [3.8, 4) is 0 Å². The number of hydrogen-bond donors (Lipinski definition) is 0. The lowest BCUT2D eigenvalue weighted by molar-refractivity contribution is -0.137. The first-order valence-electron chi connectivity index (χ1n) is 7.25. The molecule has 6 nitrogen and oxygen atoms in total. The van der Waals surface area contributed by atoms with E-state index in [0.717, 1.165) is 12.1 Å². The number of thioether (sulfide) groups is 1. The van der Waals surface area contributed by atoms with E-state index in [9.17, 15) is 18.8 Å². The van der Waals surface area contributed by atoms with Crippen molar-refractivity contribution in [2.75, 3.05) is 25.5 Å². The van der Waals surface area contributed by atoms with Gasteiger partial charge in [0.15, 0.2) is 0 Å². The lowest BCUT2D eigenvalue weighted by atomic mass is 10.2. The summed E-state index contributed by atoms with van der Waals surface area (Å²) in [5.74, 6) is -1.53. The van der Waals surface area contributed by atoms with Gasteiger partial charge in [-0.25, -0.2) is 14.0 Å². The number of hydrogen-bond acceptors (Lipinski definition) is 6. The molecule has 1 aliphatic heterocycles. The molecule has 1 fully saturated rings. The third-order valence-corrected chi connectivity index (χ3v) is 4.09. The van der Waals surface area contributed by atoms with Crippen LogP contribution in [0.2, 0.25) is 0 Å². The Hall–Kier alpha value is -2.35. The van der Waals surface area contributed by atoms with Crippen LogP contribution < -0.4 is 0 Å². The quantitative estimate of drug-likeness (QED) is 0.575. The van der Waals surface area contributed by atoms with Crippen molar-refractivity contribution >= 4 is 29.6 Å². The summed E-state index contributed by atoms with van der Waals surface area (Å²) in [4.78, 5) is 36.5. The van der Waals surface area contributed by atoms with Crippen molar-refractivity contribution in [1.29, 1.82) is 0 Å². The normalized spacial score (nSPS) is 15.7. The number of ether oxygens (including phenoxy) is 2. The number of amides is 1. The Morgan fingerprint density at radius 2 is 2.00 bits per heavy atom. The Bertz CT molecular complexity index is 659. The molecule has 0 radical (unpaired) electrons. The fourth-order valence-electron chi connectivity index (χ4n) is 1.95. The molecule has 1 amide bonds. The maximum Gasteiger partial charge on any atom is 0.338 e. The summed E-state index contributed by atoms with van der Waals surface area (Å²) in [5.41, 5.74) is 0.223. The van der Waals surface area contributed by atoms with E-state index in [-0.39, 0.29) is 37.0 Å². The first-order valence-corrected chi connectivity index (χ1v) is 8.24. The lowest BCUT2D eigenvalue weighted by Gasteiger charge is -2.16. The molecule has 1 aliphatic rings. The van der Waals surface area contributed by atoms with Crippen LogP contribution in [0.15, 0.2) is 35.4 Å². The van der Waals surface area contributed by atoms with E-state index < -0.39 is 17.8 Å². The Labute approximate surface area is 142 Å². The summed E-state index contributed by atoms with van der Waals surface area (Å²) in [6.07, 6.45) is 1.25. The third-order valence-electron chi connectivity index (χ3n) is 3.07. The predicted molar refractivity (Wildman–Crippen MR) is 85.6 cm³/mol. The molecule has 1 saturated heterocycles. The Morgan fingerprint density at radius 3 is 2.67 bits per heavy atom. The van der Waals surface area contributed by atoms with Crippen molar-refractivity contribution in [2.24, 2.45) is 0 Å². The molecule has 0 N–H and O–H groups in total. The first-order chi connectivity index (χ1) is 11.5. The number of carbonyl (C=O) groups is 3. The van der Waals surface area contributed by atoms with Gasteiger partial charge < -0.3 is 14.4 Å². The second kappa shape index (κ2) is 8.49. The zero-order chi connectivity index (χ0) is 17.5. The molecule has 1 heterocycles. The molecule has 0 aliphatic carbocycles. The Balaban J connectivity index is 1.89. The minimum atomic E-state index is -0.606. The fraction of sp³-hybridized carbons (Fsp3) is 0.312. The molecule has 0 atom stereocenters. The van der Waals surface area contributed by atoms with Gasteiger partial charge in [-0.2, -0.15) is 0 Å². The van der Waals surface area contributed by atoms with E-state index in [1.165, 1.54) is 34.9 Å². The van der Waals surface area contributed by atoms with Gasteiger partial charge in [0.1, 0.15) is 12.4 Å². The van der Waals surface area contributed by atoms with E-state index in [1.807, 2.05) is 0 Å². The highest BCUT2D eigenvalue weighted by molar-refractivity contribution is 8.04. The zero-order valence-corrected chi connectivity index (χ0v) is 13.8. The summed E-state index contributed by atoms with van der Waals surface area (Å²) >= 11 is 1.22. The standard InChI is InChI=1S/C16H16FNO5S/c1-2-22-15(20)9-14-18(13(19)10-24-14)7-8-23-16(21)11-3-5-12(17)6-4-11/h3-6,9H,2,7-8,10H2,1H3/b14-9-. The van der Waals surface area contributed by atoms with Crippen LogP contribution in [0.5, 0.6) is 0 Å². The average molecular weight is 353 g/mol. The van der Waals surface area contributed by atoms with Gasteiger partial charge in [0.05, 0.1) is 35.6 Å². The van der Waals surface area contributed by atoms with Crippen molar-refractivity contribution in [3.63, 3.8) is 0 Å². The second-order valence-corrected chi connectivity index (χ2v) is 5.71. The van der Waals surface area contributed by atoms with E-state index >= 15 is 0 Å². The highest BCUT2D eigenvalue weighted by atomic mass is 32.2. The number of rotatable bonds is 6. The Morgan fingerprint density at radius 1 is 1.29 bits per heavy atom. The Kier molecular flexibility index (Phi) is 6.36. The molecular formula is C16H16FNO5S. The average Bonchev–Trinajstić information content (AvgIpc) is 2.88. The number of halogens is 1. The summed E-state index contributed by atoms with van der Waals surface area (Å²) in [6.45, 7) is 2.03. The van der Waals surface area contributed by atoms with Crippen LogP contribution in [-0.4, -0.2) is 48.3 Å². The van der Waals surface area contributed by atoms with Gasteiger partial charge in [-0.3, -0.25) is 4.79 Å². The molecule has 1 aromatic carbocycles. The number of esters is 2. The molecule has 24 heavy (non-hydrogen) atoms. The lowest BCUT2D eigenvalue weighted by Crippen LogP contribution is -2.29. The topological polar surface area (TPSA) is 72.9 Å². The van der Waals surface area contributed by atoms with Gasteiger partial charge in [0.2, 0.25) is 5.91 Å². The summed E-state index contributed by atoms with van der Waals surface area (Å²) in [7, 11) is 0. The van der Waals surface area contributed by atoms with Gasteiger partial charge in [-0.05, 0) is 31.2 Å². The minimum Gasteiger partial charge on any atom is -0.463 e. The van der Waals surface area contributed by atoms with Crippen LogP contribution in [0.25, 0.3) is 0 Å². The highest BCUT2D eigenvalue weighted by Gasteiger charge is 2.27. The molecular weight excluding hydrogens is 337 g/mol. The number of carbonyl (C=O) groups excluding carboxylic acids is 3. The molecule has 128 valence electrons. The van der Waals surface area contributed by atoms with Crippen LogP contribution in [-0.2, 0) is 19.1 Å². The van der Waals surface area contributed by atoms with Crippen LogP contribution in [0.3, 0.4) is 0 Å². The number of benzene rings is 1. The maximum absolute atomic E-state index is 12.8. The second-order valence-electron chi connectivity index (χ2n) is 4.71. The smallest absolute Gasteiger partial charge is 0.338 e.